The predicted octanol–water partition coefficient (Wildman–Crippen LogP) is 3.45. The number of rotatable bonds is 5. The summed E-state index contributed by atoms with van der Waals surface area (Å²) in [7, 11) is 0. The van der Waals surface area contributed by atoms with Crippen LogP contribution in [-0.4, -0.2) is 48.0 Å². The van der Waals surface area contributed by atoms with Gasteiger partial charge in [-0.2, -0.15) is 0 Å². The number of hydrogen-bond donors (Lipinski definition) is 0. The van der Waals surface area contributed by atoms with E-state index >= 15 is 0 Å². The molecule has 0 aromatic heterocycles. The smallest absolute Gasteiger partial charge is 0.263 e. The van der Waals surface area contributed by atoms with E-state index in [4.69, 9.17) is 16.3 Å². The van der Waals surface area contributed by atoms with Gasteiger partial charge in [-0.3, -0.25) is 9.69 Å². The molecule has 1 fully saturated rings. The zero-order valence-electron chi connectivity index (χ0n) is 14.4. The zero-order valence-corrected chi connectivity index (χ0v) is 15.2. The Morgan fingerprint density at radius 2 is 1.68 bits per heavy atom. The molecule has 1 aliphatic heterocycles. The fourth-order valence-electron chi connectivity index (χ4n) is 2.99. The second-order valence-electron chi connectivity index (χ2n) is 6.30. The average molecular weight is 359 g/mol. The van der Waals surface area contributed by atoms with Crippen LogP contribution in [0, 0.1) is 0 Å². The molecule has 1 unspecified atom stereocenters. The van der Waals surface area contributed by atoms with Crippen molar-refractivity contribution in [1.82, 2.24) is 9.80 Å². The highest BCUT2D eigenvalue weighted by atomic mass is 35.5. The molecule has 4 nitrogen and oxygen atoms in total. The highest BCUT2D eigenvalue weighted by Gasteiger charge is 2.26. The average Bonchev–Trinajstić information content (AvgIpc) is 2.64. The van der Waals surface area contributed by atoms with E-state index in [1.165, 1.54) is 5.56 Å². The van der Waals surface area contributed by atoms with Crippen molar-refractivity contribution < 1.29 is 9.53 Å². The van der Waals surface area contributed by atoms with Gasteiger partial charge in [0.05, 0.1) is 0 Å². The summed E-state index contributed by atoms with van der Waals surface area (Å²) >= 11 is 5.93. The van der Waals surface area contributed by atoms with E-state index in [2.05, 4.69) is 17.0 Å². The summed E-state index contributed by atoms with van der Waals surface area (Å²) in [5, 5.41) is 0.756. The number of benzene rings is 2. The minimum Gasteiger partial charge on any atom is -0.481 e. The minimum absolute atomic E-state index is 0.0509. The van der Waals surface area contributed by atoms with Crippen molar-refractivity contribution >= 4 is 17.5 Å². The molecular weight excluding hydrogens is 336 g/mol. The number of ether oxygens (including phenoxy) is 1. The molecule has 0 saturated carbocycles. The van der Waals surface area contributed by atoms with Gasteiger partial charge in [0.15, 0.2) is 6.10 Å². The highest BCUT2D eigenvalue weighted by molar-refractivity contribution is 6.30. The fraction of sp³-hybridized carbons (Fsp3) is 0.350. The lowest BCUT2D eigenvalue weighted by Gasteiger charge is -2.35. The van der Waals surface area contributed by atoms with Crippen LogP contribution in [0.4, 0.5) is 0 Å². The number of nitrogens with zero attached hydrogens (tertiary/aromatic N) is 2. The first-order chi connectivity index (χ1) is 12.1. The van der Waals surface area contributed by atoms with Gasteiger partial charge >= 0.3 is 0 Å². The van der Waals surface area contributed by atoms with Gasteiger partial charge in [0, 0.05) is 37.7 Å². The summed E-state index contributed by atoms with van der Waals surface area (Å²) in [6.45, 7) is 5.90. The molecule has 1 heterocycles. The van der Waals surface area contributed by atoms with Crippen molar-refractivity contribution in [3.05, 3.63) is 65.2 Å². The minimum atomic E-state index is -0.467. The van der Waals surface area contributed by atoms with E-state index in [0.717, 1.165) is 43.5 Å². The van der Waals surface area contributed by atoms with Crippen LogP contribution in [0.15, 0.2) is 54.6 Å². The first-order valence-electron chi connectivity index (χ1n) is 8.59. The molecule has 1 aliphatic rings. The van der Waals surface area contributed by atoms with Gasteiger partial charge in [-0.15, -0.1) is 0 Å². The van der Waals surface area contributed by atoms with Crippen LogP contribution >= 0.6 is 11.6 Å². The third kappa shape index (κ3) is 4.97. The number of halogens is 1. The van der Waals surface area contributed by atoms with E-state index in [1.807, 2.05) is 54.3 Å². The Balaban J connectivity index is 1.48. The molecule has 0 spiro atoms. The van der Waals surface area contributed by atoms with Crippen LogP contribution in [0.3, 0.4) is 0 Å². The van der Waals surface area contributed by atoms with E-state index < -0.39 is 6.10 Å². The largest absolute Gasteiger partial charge is 0.481 e. The maximum atomic E-state index is 12.6. The second kappa shape index (κ2) is 8.37. The van der Waals surface area contributed by atoms with Crippen molar-refractivity contribution in [2.45, 2.75) is 19.6 Å². The lowest BCUT2D eigenvalue weighted by molar-refractivity contribution is -0.139. The number of para-hydroxylation sites is 1. The maximum absolute atomic E-state index is 12.6. The van der Waals surface area contributed by atoms with Crippen LogP contribution in [0.2, 0.25) is 5.02 Å². The van der Waals surface area contributed by atoms with Crippen LogP contribution in [0.25, 0.3) is 0 Å². The van der Waals surface area contributed by atoms with Crippen molar-refractivity contribution in [2.75, 3.05) is 26.2 Å². The summed E-state index contributed by atoms with van der Waals surface area (Å²) in [5.41, 5.74) is 1.24. The number of piperazine rings is 1. The Morgan fingerprint density at radius 3 is 2.32 bits per heavy atom. The standard InChI is InChI=1S/C20H23ClN2O2/c1-16(25-19-5-3-2-4-6-19)20(24)23-13-11-22(12-14-23)15-17-7-9-18(21)10-8-17/h2-10,16H,11-15H2,1H3. The summed E-state index contributed by atoms with van der Waals surface area (Å²) in [6.07, 6.45) is -0.467. The number of carbonyl (C=O) groups excluding carboxylic acids is 1. The summed E-state index contributed by atoms with van der Waals surface area (Å²) in [4.78, 5) is 16.8. The second-order valence-corrected chi connectivity index (χ2v) is 6.74. The van der Waals surface area contributed by atoms with E-state index in [-0.39, 0.29) is 5.91 Å². The van der Waals surface area contributed by atoms with Gasteiger partial charge in [0.25, 0.3) is 5.91 Å². The highest BCUT2D eigenvalue weighted by Crippen LogP contribution is 2.15. The SMILES string of the molecule is CC(Oc1ccccc1)C(=O)N1CCN(Cc2ccc(Cl)cc2)CC1. The summed E-state index contributed by atoms with van der Waals surface area (Å²) < 4.78 is 5.75. The van der Waals surface area contributed by atoms with Gasteiger partial charge in [0.1, 0.15) is 5.75 Å². The van der Waals surface area contributed by atoms with Crippen LogP contribution in [0.5, 0.6) is 5.75 Å². The molecule has 2 aromatic carbocycles. The summed E-state index contributed by atoms with van der Waals surface area (Å²) in [6, 6.07) is 17.4. The molecule has 0 N–H and O–H groups in total. The van der Waals surface area contributed by atoms with Crippen molar-refractivity contribution in [3.8, 4) is 5.75 Å². The fourth-order valence-corrected chi connectivity index (χ4v) is 3.11. The van der Waals surface area contributed by atoms with Gasteiger partial charge in [-0.05, 0) is 36.8 Å². The zero-order chi connectivity index (χ0) is 17.6. The molecule has 3 rings (SSSR count). The van der Waals surface area contributed by atoms with Crippen LogP contribution in [-0.2, 0) is 11.3 Å². The first kappa shape index (κ1) is 17.8. The Labute approximate surface area is 154 Å². The van der Waals surface area contributed by atoms with Crippen molar-refractivity contribution in [3.63, 3.8) is 0 Å². The Morgan fingerprint density at radius 1 is 1.04 bits per heavy atom. The van der Waals surface area contributed by atoms with Gasteiger partial charge in [-0.1, -0.05) is 41.9 Å². The molecule has 0 radical (unpaired) electrons. The molecular formula is C20H23ClN2O2. The predicted molar refractivity (Wildman–Crippen MR) is 99.8 cm³/mol. The number of carbonyl (C=O) groups is 1. The van der Waals surface area contributed by atoms with Gasteiger partial charge in [0.2, 0.25) is 0 Å². The Bertz CT molecular complexity index is 683. The molecule has 1 atom stereocenters. The number of amides is 1. The molecule has 25 heavy (non-hydrogen) atoms. The van der Waals surface area contributed by atoms with Gasteiger partial charge in [-0.25, -0.2) is 0 Å². The topological polar surface area (TPSA) is 32.8 Å². The molecule has 1 amide bonds. The summed E-state index contributed by atoms with van der Waals surface area (Å²) in [5.74, 6) is 0.778. The van der Waals surface area contributed by atoms with Crippen molar-refractivity contribution in [2.24, 2.45) is 0 Å². The molecule has 5 heteroatoms. The Kier molecular flexibility index (Phi) is 5.95. The van der Waals surface area contributed by atoms with E-state index in [9.17, 15) is 4.79 Å². The maximum Gasteiger partial charge on any atom is 0.263 e. The van der Waals surface area contributed by atoms with Crippen LogP contribution < -0.4 is 4.74 Å². The third-order valence-corrected chi connectivity index (χ3v) is 4.66. The lowest BCUT2D eigenvalue weighted by Crippen LogP contribution is -2.51. The third-order valence-electron chi connectivity index (χ3n) is 4.41. The van der Waals surface area contributed by atoms with E-state index in [0.29, 0.717) is 0 Å². The normalized spacial score (nSPS) is 16.5. The lowest BCUT2D eigenvalue weighted by atomic mass is 10.2. The molecule has 0 bridgehead atoms. The van der Waals surface area contributed by atoms with Crippen molar-refractivity contribution in [1.29, 1.82) is 0 Å². The van der Waals surface area contributed by atoms with E-state index in [1.54, 1.807) is 0 Å². The number of hydrogen-bond acceptors (Lipinski definition) is 3. The van der Waals surface area contributed by atoms with Crippen LogP contribution in [0.1, 0.15) is 12.5 Å². The molecule has 1 saturated heterocycles. The monoisotopic (exact) mass is 358 g/mol. The van der Waals surface area contributed by atoms with Gasteiger partial charge < -0.3 is 9.64 Å². The Hall–Kier alpha value is -2.04. The first-order valence-corrected chi connectivity index (χ1v) is 8.97. The molecule has 0 aliphatic carbocycles. The molecule has 132 valence electrons. The molecule has 2 aromatic rings. The quantitative estimate of drug-likeness (QED) is 0.820.